The van der Waals surface area contributed by atoms with Crippen LogP contribution in [0.5, 0.6) is 0 Å². The zero-order chi connectivity index (χ0) is 14.5. The molecule has 0 saturated heterocycles. The van der Waals surface area contributed by atoms with Gasteiger partial charge in [-0.2, -0.15) is 0 Å². The van der Waals surface area contributed by atoms with Crippen LogP contribution in [0.3, 0.4) is 0 Å². The van der Waals surface area contributed by atoms with Crippen LogP contribution in [0.2, 0.25) is 0 Å². The number of rotatable bonds is 3. The molecular formula is C14H11N5O. The highest BCUT2D eigenvalue weighted by atomic mass is 16.2. The van der Waals surface area contributed by atoms with Crippen molar-refractivity contribution in [3.63, 3.8) is 0 Å². The van der Waals surface area contributed by atoms with Crippen molar-refractivity contribution < 1.29 is 4.79 Å². The number of nitrogens with zero attached hydrogens (tertiary/aromatic N) is 5. The molecule has 0 heterocycles. The molecule has 0 aliphatic rings. The summed E-state index contributed by atoms with van der Waals surface area (Å²) in [6.07, 6.45) is 0. The molecule has 0 atom stereocenters. The van der Waals surface area contributed by atoms with E-state index in [2.05, 4.69) is 10.1 Å². The van der Waals surface area contributed by atoms with E-state index in [0.717, 1.165) is 0 Å². The second-order valence-corrected chi connectivity index (χ2v) is 4.13. The molecule has 2 aromatic carbocycles. The first-order chi connectivity index (χ1) is 9.65. The monoisotopic (exact) mass is 265 g/mol. The van der Waals surface area contributed by atoms with Crippen LogP contribution in [-0.2, 0) is 0 Å². The second-order valence-electron chi connectivity index (χ2n) is 4.13. The fraction of sp³-hybridized carbons (Fsp3) is 0.0714. The highest BCUT2D eigenvalue weighted by Gasteiger charge is 2.16. The molecule has 0 N–H and O–H groups in total. The Morgan fingerprint density at radius 3 is 2.70 bits per heavy atom. The van der Waals surface area contributed by atoms with Gasteiger partial charge in [0.2, 0.25) is 5.39 Å². The fourth-order valence-electron chi connectivity index (χ4n) is 1.78. The lowest BCUT2D eigenvalue weighted by Crippen LogP contribution is -2.25. The van der Waals surface area contributed by atoms with E-state index in [1.54, 1.807) is 49.5 Å². The third kappa shape index (κ3) is 2.67. The number of hydrogen-bond donors (Lipinski definition) is 0. The molecule has 0 bridgehead atoms. The summed E-state index contributed by atoms with van der Waals surface area (Å²) >= 11 is 0. The third-order valence-electron chi connectivity index (χ3n) is 2.85. The van der Waals surface area contributed by atoms with Crippen LogP contribution in [0.25, 0.3) is 10.5 Å². The summed E-state index contributed by atoms with van der Waals surface area (Å²) in [7, 11) is 1.61. The van der Waals surface area contributed by atoms with Gasteiger partial charge in [0.25, 0.3) is 5.91 Å². The Balaban J connectivity index is 2.32. The van der Waals surface area contributed by atoms with E-state index in [1.165, 1.54) is 11.0 Å². The second kappa shape index (κ2) is 5.71. The maximum Gasteiger partial charge on any atom is 0.387 e. The van der Waals surface area contributed by atoms with Crippen molar-refractivity contribution in [1.29, 1.82) is 5.39 Å². The largest absolute Gasteiger partial charge is 0.706 e. The van der Waals surface area contributed by atoms with Crippen molar-refractivity contribution in [2.75, 3.05) is 11.9 Å². The molecule has 0 spiro atoms. The Labute approximate surface area is 115 Å². The van der Waals surface area contributed by atoms with E-state index >= 15 is 0 Å². The summed E-state index contributed by atoms with van der Waals surface area (Å²) < 4.78 is 0. The van der Waals surface area contributed by atoms with Crippen molar-refractivity contribution >= 4 is 23.0 Å². The molecule has 20 heavy (non-hydrogen) atoms. The summed E-state index contributed by atoms with van der Waals surface area (Å²) in [5, 5.41) is 11.8. The van der Waals surface area contributed by atoms with E-state index in [-0.39, 0.29) is 5.91 Å². The van der Waals surface area contributed by atoms with Crippen molar-refractivity contribution in [2.45, 2.75) is 0 Å². The van der Waals surface area contributed by atoms with Gasteiger partial charge in [0.15, 0.2) is 4.98 Å². The van der Waals surface area contributed by atoms with Crippen molar-refractivity contribution in [1.82, 2.24) is 0 Å². The molecule has 0 radical (unpaired) electrons. The maximum atomic E-state index is 12.3. The molecule has 0 aliphatic carbocycles. The lowest BCUT2D eigenvalue weighted by Gasteiger charge is -2.17. The van der Waals surface area contributed by atoms with Crippen LogP contribution in [0, 0.1) is 5.39 Å². The Morgan fingerprint density at radius 1 is 1.25 bits per heavy atom. The molecule has 6 heteroatoms. The van der Waals surface area contributed by atoms with Crippen LogP contribution < -0.4 is 4.90 Å². The summed E-state index contributed by atoms with van der Waals surface area (Å²) in [4.78, 5) is 16.8. The van der Waals surface area contributed by atoms with Crippen LogP contribution in [-0.4, -0.2) is 13.0 Å². The number of carbonyl (C=O) groups is 1. The number of anilines is 1. The average Bonchev–Trinajstić information content (AvgIpc) is 2.53. The molecular weight excluding hydrogens is 254 g/mol. The Morgan fingerprint density at radius 2 is 2.00 bits per heavy atom. The lowest BCUT2D eigenvalue weighted by atomic mass is 10.1. The van der Waals surface area contributed by atoms with Gasteiger partial charge in [-0.15, -0.1) is 0 Å². The van der Waals surface area contributed by atoms with E-state index in [0.29, 0.717) is 22.6 Å². The van der Waals surface area contributed by atoms with Gasteiger partial charge in [0.1, 0.15) is 0 Å². The SMILES string of the molecule is CN(C(=O)c1cccc(N=[N-])c1)c1cccc([N+]#N)c1. The summed E-state index contributed by atoms with van der Waals surface area (Å²) in [6.45, 7) is 0. The normalized spacial score (nSPS) is 9.60. The zero-order valence-electron chi connectivity index (χ0n) is 10.8. The molecule has 98 valence electrons. The van der Waals surface area contributed by atoms with Gasteiger partial charge in [-0.1, -0.05) is 12.1 Å². The van der Waals surface area contributed by atoms with Gasteiger partial charge in [-0.25, -0.2) is 0 Å². The van der Waals surface area contributed by atoms with Crippen LogP contribution in [0.1, 0.15) is 10.4 Å². The van der Waals surface area contributed by atoms with Crippen LogP contribution in [0.4, 0.5) is 17.1 Å². The Kier molecular flexibility index (Phi) is 3.82. The molecule has 1 amide bonds. The highest BCUT2D eigenvalue weighted by molar-refractivity contribution is 6.06. The first-order valence-corrected chi connectivity index (χ1v) is 5.84. The molecule has 0 aliphatic heterocycles. The van der Waals surface area contributed by atoms with Gasteiger partial charge in [0, 0.05) is 24.4 Å². The summed E-state index contributed by atoms with van der Waals surface area (Å²) in [6, 6.07) is 13.0. The Bertz CT molecular complexity index is 705. The van der Waals surface area contributed by atoms with Crippen LogP contribution >= 0.6 is 0 Å². The van der Waals surface area contributed by atoms with Gasteiger partial charge in [-0.05, 0) is 24.3 Å². The maximum absolute atomic E-state index is 12.3. The van der Waals surface area contributed by atoms with Gasteiger partial charge >= 0.3 is 5.69 Å². The van der Waals surface area contributed by atoms with E-state index in [4.69, 9.17) is 10.9 Å². The summed E-state index contributed by atoms with van der Waals surface area (Å²) in [5.74, 6) is -0.259. The van der Waals surface area contributed by atoms with Crippen molar-refractivity contribution in [2.24, 2.45) is 5.11 Å². The zero-order valence-corrected chi connectivity index (χ0v) is 10.8. The topological polar surface area (TPSA) is 83.1 Å². The molecule has 0 fully saturated rings. The van der Waals surface area contributed by atoms with E-state index < -0.39 is 0 Å². The predicted molar refractivity (Wildman–Crippen MR) is 75.8 cm³/mol. The molecule has 0 aromatic heterocycles. The fourth-order valence-corrected chi connectivity index (χ4v) is 1.78. The van der Waals surface area contributed by atoms with E-state index in [1.807, 2.05) is 0 Å². The number of benzene rings is 2. The first-order valence-electron chi connectivity index (χ1n) is 5.84. The van der Waals surface area contributed by atoms with Crippen LogP contribution in [0.15, 0.2) is 53.6 Å². The minimum absolute atomic E-state index is 0.259. The molecule has 2 aromatic rings. The Hall–Kier alpha value is -3.07. The number of hydrogen-bond acceptors (Lipinski definition) is 3. The van der Waals surface area contributed by atoms with E-state index in [9.17, 15) is 4.79 Å². The van der Waals surface area contributed by atoms with Crippen molar-refractivity contribution in [3.05, 3.63) is 64.6 Å². The molecule has 2 rings (SSSR count). The summed E-state index contributed by atoms with van der Waals surface area (Å²) in [5.41, 5.74) is 10.4. The number of amides is 1. The standard InChI is InChI=1S/C14H11N5O/c1-19(13-7-3-6-12(9-13)18-16)14(20)10-4-2-5-11(8-10)17-15/h2-9H,1H3. The molecule has 0 saturated carbocycles. The number of carbonyl (C=O) groups excluding carboxylic acids is 1. The van der Waals surface area contributed by atoms with Gasteiger partial charge < -0.3 is 15.5 Å². The minimum Gasteiger partial charge on any atom is -0.706 e. The van der Waals surface area contributed by atoms with Crippen molar-refractivity contribution in [3.8, 4) is 0 Å². The molecule has 0 unspecified atom stereocenters. The van der Waals surface area contributed by atoms with Gasteiger partial charge in [0.05, 0.1) is 11.8 Å². The first kappa shape index (κ1) is 13.4. The highest BCUT2D eigenvalue weighted by Crippen LogP contribution is 2.23. The predicted octanol–water partition coefficient (Wildman–Crippen LogP) is 4.10. The average molecular weight is 265 g/mol. The lowest BCUT2D eigenvalue weighted by molar-refractivity contribution is 0.0993. The molecule has 6 nitrogen and oxygen atoms in total. The van der Waals surface area contributed by atoms with Gasteiger partial charge in [-0.3, -0.25) is 4.79 Å². The number of diazo groups is 1. The quantitative estimate of drug-likeness (QED) is 0.618. The smallest absolute Gasteiger partial charge is 0.387 e. The minimum atomic E-state index is -0.259. The third-order valence-corrected chi connectivity index (χ3v) is 2.85.